The number of hydrogen-bond donors (Lipinski definition) is 3. The van der Waals surface area contributed by atoms with Crippen LogP contribution in [0.1, 0.15) is 33.3 Å². The smallest absolute Gasteiger partial charge is 0.240 e. The number of likely N-dealkylation sites (N-methyl/N-ethyl adjacent to an activating group) is 1. The molecule has 3 N–H and O–H groups in total. The number of nitrogens with one attached hydrogen (secondary N) is 2. The first-order valence-corrected chi connectivity index (χ1v) is 9.31. The van der Waals surface area contributed by atoms with E-state index >= 15 is 0 Å². The number of ether oxygens (including phenoxy) is 1. The van der Waals surface area contributed by atoms with Crippen LogP contribution in [0.15, 0.2) is 35.3 Å². The second-order valence-corrected chi connectivity index (χ2v) is 7.50. The van der Waals surface area contributed by atoms with E-state index in [0.29, 0.717) is 19.1 Å². The summed E-state index contributed by atoms with van der Waals surface area (Å²) in [4.78, 5) is 18.2. The number of rotatable bonds is 9. The summed E-state index contributed by atoms with van der Waals surface area (Å²) in [7, 11) is 1.79. The van der Waals surface area contributed by atoms with Crippen molar-refractivity contribution < 1.29 is 14.6 Å². The Morgan fingerprint density at radius 2 is 1.96 bits per heavy atom. The molecule has 27 heavy (non-hydrogen) atoms. The Bertz CT molecular complexity index is 585. The maximum Gasteiger partial charge on any atom is 0.240 e. The van der Waals surface area contributed by atoms with Crippen LogP contribution in [0, 0.1) is 0 Å². The molecule has 0 saturated heterocycles. The van der Waals surface area contributed by atoms with Crippen LogP contribution in [0.4, 0.5) is 0 Å². The van der Waals surface area contributed by atoms with Gasteiger partial charge in [-0.25, -0.2) is 0 Å². The zero-order chi connectivity index (χ0) is 20.3. The first-order chi connectivity index (χ1) is 12.7. The van der Waals surface area contributed by atoms with Crippen molar-refractivity contribution in [2.24, 2.45) is 4.99 Å². The zero-order valence-electron chi connectivity index (χ0n) is 17.2. The maximum absolute atomic E-state index is 12.1. The van der Waals surface area contributed by atoms with Crippen molar-refractivity contribution in [2.75, 3.05) is 33.3 Å². The van der Waals surface area contributed by atoms with Gasteiger partial charge in [-0.1, -0.05) is 30.3 Å². The topological polar surface area (TPSA) is 86.2 Å². The zero-order valence-corrected chi connectivity index (χ0v) is 17.2. The molecule has 1 aromatic carbocycles. The minimum Gasteiger partial charge on any atom is -0.389 e. The van der Waals surface area contributed by atoms with Gasteiger partial charge in [0.05, 0.1) is 32.4 Å². The van der Waals surface area contributed by atoms with Gasteiger partial charge >= 0.3 is 0 Å². The second-order valence-electron chi connectivity index (χ2n) is 7.50. The van der Waals surface area contributed by atoms with Gasteiger partial charge in [-0.2, -0.15) is 0 Å². The third kappa shape index (κ3) is 10.6. The molecule has 0 aliphatic rings. The summed E-state index contributed by atoms with van der Waals surface area (Å²) in [5.41, 5.74) is 0.783. The predicted octanol–water partition coefficient (Wildman–Crippen LogP) is 1.38. The van der Waals surface area contributed by atoms with Gasteiger partial charge < -0.3 is 25.4 Å². The Kier molecular flexibility index (Phi) is 9.82. The van der Waals surface area contributed by atoms with Gasteiger partial charge in [0.2, 0.25) is 5.91 Å². The molecule has 152 valence electrons. The number of guanidine groups is 1. The number of aliphatic hydroxyl groups excluding tert-OH is 1. The molecule has 1 atom stereocenters. The van der Waals surface area contributed by atoms with Crippen molar-refractivity contribution in [3.63, 3.8) is 0 Å². The van der Waals surface area contributed by atoms with Crippen molar-refractivity contribution in [1.82, 2.24) is 15.5 Å². The van der Waals surface area contributed by atoms with E-state index in [1.165, 1.54) is 0 Å². The van der Waals surface area contributed by atoms with E-state index in [-0.39, 0.29) is 31.1 Å². The standard InChI is InChI=1S/C20H34N4O3/c1-6-21-19(24(5)13-18(26)23-20(2,3)4)22-12-17(25)15-27-14-16-10-8-7-9-11-16/h7-11,17,25H,6,12-15H2,1-5H3,(H,21,22)(H,23,26). The van der Waals surface area contributed by atoms with Crippen LogP contribution in [0.3, 0.4) is 0 Å². The van der Waals surface area contributed by atoms with Gasteiger partial charge in [0.1, 0.15) is 0 Å². The average molecular weight is 379 g/mol. The van der Waals surface area contributed by atoms with E-state index in [2.05, 4.69) is 15.6 Å². The first kappa shape index (κ1) is 22.9. The quantitative estimate of drug-likeness (QED) is 0.446. The Labute approximate surface area is 162 Å². The summed E-state index contributed by atoms with van der Waals surface area (Å²) >= 11 is 0. The highest BCUT2D eigenvalue weighted by molar-refractivity contribution is 5.86. The summed E-state index contributed by atoms with van der Waals surface area (Å²) in [5.74, 6) is 0.492. The number of aliphatic hydroxyl groups is 1. The van der Waals surface area contributed by atoms with Crippen LogP contribution in [0.25, 0.3) is 0 Å². The average Bonchev–Trinajstić information content (AvgIpc) is 2.57. The number of carbonyl (C=O) groups excluding carboxylic acids is 1. The predicted molar refractivity (Wildman–Crippen MR) is 109 cm³/mol. The van der Waals surface area contributed by atoms with Gasteiger partial charge in [0, 0.05) is 19.1 Å². The molecule has 0 bridgehead atoms. The number of hydrogen-bond acceptors (Lipinski definition) is 4. The molecular weight excluding hydrogens is 344 g/mol. The van der Waals surface area contributed by atoms with Crippen molar-refractivity contribution in [2.45, 2.75) is 45.9 Å². The lowest BCUT2D eigenvalue weighted by atomic mass is 10.1. The van der Waals surface area contributed by atoms with Crippen LogP contribution in [0.5, 0.6) is 0 Å². The van der Waals surface area contributed by atoms with Crippen molar-refractivity contribution in [1.29, 1.82) is 0 Å². The van der Waals surface area contributed by atoms with Crippen LogP contribution in [-0.2, 0) is 16.1 Å². The fourth-order valence-electron chi connectivity index (χ4n) is 2.35. The Balaban J connectivity index is 2.47. The van der Waals surface area contributed by atoms with E-state index in [0.717, 1.165) is 5.56 Å². The lowest BCUT2D eigenvalue weighted by molar-refractivity contribution is -0.122. The minimum absolute atomic E-state index is 0.0812. The summed E-state index contributed by atoms with van der Waals surface area (Å²) in [6.45, 7) is 9.48. The highest BCUT2D eigenvalue weighted by Gasteiger charge is 2.17. The van der Waals surface area contributed by atoms with Crippen LogP contribution < -0.4 is 10.6 Å². The van der Waals surface area contributed by atoms with E-state index in [4.69, 9.17) is 4.74 Å². The van der Waals surface area contributed by atoms with Crippen LogP contribution in [-0.4, -0.2) is 66.8 Å². The van der Waals surface area contributed by atoms with Crippen LogP contribution in [0.2, 0.25) is 0 Å². The molecule has 0 spiro atoms. The Morgan fingerprint density at radius 1 is 1.30 bits per heavy atom. The van der Waals surface area contributed by atoms with E-state index in [1.54, 1.807) is 11.9 Å². The lowest BCUT2D eigenvalue weighted by Crippen LogP contribution is -2.49. The van der Waals surface area contributed by atoms with Crippen molar-refractivity contribution >= 4 is 11.9 Å². The maximum atomic E-state index is 12.1. The molecule has 0 radical (unpaired) electrons. The second kappa shape index (κ2) is 11.6. The molecular formula is C20H34N4O3. The number of nitrogens with zero attached hydrogens (tertiary/aromatic N) is 2. The molecule has 7 heteroatoms. The third-order valence-corrected chi connectivity index (χ3v) is 3.47. The molecule has 0 aliphatic carbocycles. The minimum atomic E-state index is -0.709. The molecule has 0 aliphatic heterocycles. The summed E-state index contributed by atoms with van der Waals surface area (Å²) in [6, 6.07) is 9.81. The number of aliphatic imine (C=N–C) groups is 1. The molecule has 0 saturated carbocycles. The van der Waals surface area contributed by atoms with E-state index in [9.17, 15) is 9.90 Å². The molecule has 0 aromatic heterocycles. The highest BCUT2D eigenvalue weighted by atomic mass is 16.5. The summed E-state index contributed by atoms with van der Waals surface area (Å²) in [5, 5.41) is 16.2. The molecule has 7 nitrogen and oxygen atoms in total. The molecule has 1 amide bonds. The van der Waals surface area contributed by atoms with E-state index in [1.807, 2.05) is 58.0 Å². The van der Waals surface area contributed by atoms with E-state index < -0.39 is 6.10 Å². The molecule has 0 fully saturated rings. The molecule has 1 rings (SSSR count). The number of carbonyl (C=O) groups is 1. The molecule has 1 aromatic rings. The lowest BCUT2D eigenvalue weighted by Gasteiger charge is -2.25. The van der Waals surface area contributed by atoms with Crippen molar-refractivity contribution in [3.8, 4) is 0 Å². The third-order valence-electron chi connectivity index (χ3n) is 3.47. The fraction of sp³-hybridized carbons (Fsp3) is 0.600. The van der Waals surface area contributed by atoms with Gasteiger partial charge in [-0.05, 0) is 33.3 Å². The fourth-order valence-corrected chi connectivity index (χ4v) is 2.35. The number of benzene rings is 1. The normalized spacial score (nSPS) is 13.2. The Morgan fingerprint density at radius 3 is 2.56 bits per heavy atom. The summed E-state index contributed by atoms with van der Waals surface area (Å²) < 4.78 is 5.54. The Hall–Kier alpha value is -2.12. The summed E-state index contributed by atoms with van der Waals surface area (Å²) in [6.07, 6.45) is -0.709. The molecule has 1 unspecified atom stereocenters. The first-order valence-electron chi connectivity index (χ1n) is 9.31. The van der Waals surface area contributed by atoms with Crippen LogP contribution >= 0.6 is 0 Å². The van der Waals surface area contributed by atoms with Gasteiger partial charge in [0.15, 0.2) is 5.96 Å². The number of amides is 1. The molecule has 0 heterocycles. The van der Waals surface area contributed by atoms with Gasteiger partial charge in [-0.3, -0.25) is 9.79 Å². The monoisotopic (exact) mass is 378 g/mol. The largest absolute Gasteiger partial charge is 0.389 e. The van der Waals surface area contributed by atoms with Gasteiger partial charge in [0.25, 0.3) is 0 Å². The SMILES string of the molecule is CCNC(=NCC(O)COCc1ccccc1)N(C)CC(=O)NC(C)(C)C. The van der Waals surface area contributed by atoms with Gasteiger partial charge in [-0.15, -0.1) is 0 Å². The highest BCUT2D eigenvalue weighted by Crippen LogP contribution is 2.02. The van der Waals surface area contributed by atoms with Crippen molar-refractivity contribution in [3.05, 3.63) is 35.9 Å².